The number of amides is 1. The number of hydrogen-bond donors (Lipinski definition) is 1. The second-order valence-electron chi connectivity index (χ2n) is 8.33. The fourth-order valence-corrected chi connectivity index (χ4v) is 4.16. The molecule has 3 rings (SSSR count). The summed E-state index contributed by atoms with van der Waals surface area (Å²) >= 11 is 0. The van der Waals surface area contributed by atoms with Crippen molar-refractivity contribution in [3.63, 3.8) is 0 Å². The maximum absolute atomic E-state index is 13.0. The van der Waals surface area contributed by atoms with Crippen molar-refractivity contribution >= 4 is 18.1 Å². The third kappa shape index (κ3) is 5.01. The second kappa shape index (κ2) is 10.7. The van der Waals surface area contributed by atoms with Crippen LogP contribution in [0.2, 0.25) is 0 Å². The highest BCUT2D eigenvalue weighted by Gasteiger charge is 2.61. The highest BCUT2D eigenvalue weighted by atomic mass is 16.7. The van der Waals surface area contributed by atoms with E-state index in [1.807, 2.05) is 48.6 Å². The molecule has 7 nitrogen and oxygen atoms in total. The molecule has 1 fully saturated rings. The lowest BCUT2D eigenvalue weighted by Gasteiger charge is -2.55. The summed E-state index contributed by atoms with van der Waals surface area (Å²) in [6, 6.07) is 11.4. The molecule has 32 heavy (non-hydrogen) atoms. The highest BCUT2D eigenvalue weighted by Crippen LogP contribution is 2.40. The third-order valence-corrected chi connectivity index (χ3v) is 5.70. The average molecular weight is 441 g/mol. The number of ether oxygens (including phenoxy) is 3. The van der Waals surface area contributed by atoms with Crippen molar-refractivity contribution in [1.82, 2.24) is 9.88 Å². The molecule has 0 aliphatic carbocycles. The van der Waals surface area contributed by atoms with E-state index >= 15 is 0 Å². The summed E-state index contributed by atoms with van der Waals surface area (Å²) in [6.45, 7) is 3.83. The smallest absolute Gasteiger partial charge is 0.259 e. The van der Waals surface area contributed by atoms with Crippen LogP contribution >= 0.6 is 0 Å². The molecule has 1 saturated heterocycles. The number of aliphatic hydroxyl groups excluding tert-OH is 1. The van der Waals surface area contributed by atoms with Gasteiger partial charge in [-0.1, -0.05) is 44.2 Å². The summed E-state index contributed by atoms with van der Waals surface area (Å²) in [5.41, 5.74) is 1.57. The first kappa shape index (κ1) is 23.9. The lowest BCUT2D eigenvalue weighted by Crippen LogP contribution is -2.76. The largest absolute Gasteiger partial charge is 0.496 e. The Morgan fingerprint density at radius 1 is 1.22 bits per heavy atom. The number of hydrogen-bond acceptors (Lipinski definition) is 6. The van der Waals surface area contributed by atoms with Gasteiger partial charge < -0.3 is 24.2 Å². The number of pyridine rings is 1. The zero-order chi connectivity index (χ0) is 23.1. The van der Waals surface area contributed by atoms with Crippen LogP contribution in [0.25, 0.3) is 12.2 Å². The van der Waals surface area contributed by atoms with E-state index in [0.29, 0.717) is 18.8 Å². The van der Waals surface area contributed by atoms with Gasteiger partial charge in [-0.25, -0.2) is 0 Å². The van der Waals surface area contributed by atoms with Gasteiger partial charge >= 0.3 is 0 Å². The maximum atomic E-state index is 13.0. The van der Waals surface area contributed by atoms with E-state index in [0.717, 1.165) is 22.6 Å². The molecular weight excluding hydrogens is 408 g/mol. The van der Waals surface area contributed by atoms with E-state index in [4.69, 9.17) is 14.2 Å². The van der Waals surface area contributed by atoms with E-state index in [1.165, 1.54) is 12.0 Å². The van der Waals surface area contributed by atoms with E-state index in [9.17, 15) is 9.90 Å². The van der Waals surface area contributed by atoms with Gasteiger partial charge in [0.05, 0.1) is 13.2 Å². The summed E-state index contributed by atoms with van der Waals surface area (Å²) in [7, 11) is 3.18. The Morgan fingerprint density at radius 2 is 2.00 bits per heavy atom. The Kier molecular flexibility index (Phi) is 8.01. The number of carbonyl (C=O) groups is 1. The summed E-state index contributed by atoms with van der Waals surface area (Å²) in [5, 5.41) is 9.71. The Bertz CT molecular complexity index is 945. The van der Waals surface area contributed by atoms with Crippen LogP contribution in [0.5, 0.6) is 5.75 Å². The lowest BCUT2D eigenvalue weighted by atomic mass is 9.75. The molecule has 1 aliphatic heterocycles. The number of methoxy groups -OCH3 is 2. The minimum Gasteiger partial charge on any atom is -0.496 e. The fourth-order valence-electron chi connectivity index (χ4n) is 4.16. The van der Waals surface area contributed by atoms with Crippen LogP contribution in [0.15, 0.2) is 42.6 Å². The first-order valence-electron chi connectivity index (χ1n) is 10.8. The minimum absolute atomic E-state index is 0.00695. The van der Waals surface area contributed by atoms with Gasteiger partial charge in [0.15, 0.2) is 5.60 Å². The van der Waals surface area contributed by atoms with Crippen LogP contribution in [0.3, 0.4) is 0 Å². The predicted molar refractivity (Wildman–Crippen MR) is 123 cm³/mol. The molecule has 2 heterocycles. The van der Waals surface area contributed by atoms with E-state index in [-0.39, 0.29) is 25.5 Å². The van der Waals surface area contributed by atoms with Gasteiger partial charge in [-0.3, -0.25) is 9.78 Å². The van der Waals surface area contributed by atoms with E-state index in [2.05, 4.69) is 18.8 Å². The van der Waals surface area contributed by atoms with Gasteiger partial charge in [0.2, 0.25) is 0 Å². The number of β-lactam (4-membered cyclic amide) rings is 1. The molecule has 0 spiro atoms. The topological polar surface area (TPSA) is 81.1 Å². The summed E-state index contributed by atoms with van der Waals surface area (Å²) in [6.07, 6.45) is 6.72. The number of carbonyl (C=O) groups excluding carboxylic acids is 1. The zero-order valence-electron chi connectivity index (χ0n) is 19.2. The minimum atomic E-state index is -1.10. The van der Waals surface area contributed by atoms with Gasteiger partial charge in [-0.05, 0) is 36.1 Å². The zero-order valence-corrected chi connectivity index (χ0v) is 19.2. The van der Waals surface area contributed by atoms with Crippen molar-refractivity contribution in [2.75, 3.05) is 27.7 Å². The van der Waals surface area contributed by atoms with Crippen LogP contribution in [-0.2, 0) is 20.7 Å². The van der Waals surface area contributed by atoms with E-state index in [1.54, 1.807) is 13.3 Å². The standard InChI is InChI=1S/C25H32N2O5/c1-18(2)13-23-25(32-17-30-3,24(29)27(23)16-28)15-21-14-19(11-12-26-21)9-10-20-7-5-6-8-22(20)31-4/h5-12,14,18,23,28H,13,15-17H2,1-4H3/b10-9+. The average Bonchev–Trinajstić information content (AvgIpc) is 2.80. The maximum Gasteiger partial charge on any atom is 0.259 e. The normalized spacial score (nSPS) is 20.8. The quantitative estimate of drug-likeness (QED) is 0.426. The van der Waals surface area contributed by atoms with Crippen molar-refractivity contribution in [1.29, 1.82) is 0 Å². The lowest BCUT2D eigenvalue weighted by molar-refractivity contribution is -0.233. The van der Waals surface area contributed by atoms with Gasteiger partial charge in [0.1, 0.15) is 19.3 Å². The molecule has 2 aromatic rings. The van der Waals surface area contributed by atoms with Crippen LogP contribution in [0.1, 0.15) is 37.1 Å². The third-order valence-electron chi connectivity index (χ3n) is 5.70. The Morgan fingerprint density at radius 3 is 2.69 bits per heavy atom. The summed E-state index contributed by atoms with van der Waals surface area (Å²) in [4.78, 5) is 19.0. The number of rotatable bonds is 11. The van der Waals surface area contributed by atoms with Crippen molar-refractivity contribution in [2.45, 2.75) is 38.3 Å². The van der Waals surface area contributed by atoms with Crippen LogP contribution in [0, 0.1) is 5.92 Å². The molecule has 0 bridgehead atoms. The number of aromatic nitrogens is 1. The summed E-state index contributed by atoms with van der Waals surface area (Å²) in [5.74, 6) is 0.890. The van der Waals surface area contributed by atoms with Crippen molar-refractivity contribution < 1.29 is 24.1 Å². The van der Waals surface area contributed by atoms with Gasteiger partial charge in [-0.15, -0.1) is 0 Å². The van der Waals surface area contributed by atoms with Crippen LogP contribution in [0.4, 0.5) is 0 Å². The number of benzene rings is 1. The molecule has 0 radical (unpaired) electrons. The number of nitrogens with zero attached hydrogens (tertiary/aromatic N) is 2. The molecule has 2 atom stereocenters. The Labute approximate surface area is 189 Å². The van der Waals surface area contributed by atoms with Gasteiger partial charge in [0.25, 0.3) is 5.91 Å². The Balaban J connectivity index is 1.86. The molecule has 1 aromatic carbocycles. The predicted octanol–water partition coefficient (Wildman–Crippen LogP) is 3.37. The molecule has 1 aliphatic rings. The highest BCUT2D eigenvalue weighted by molar-refractivity contribution is 5.93. The SMILES string of the molecule is COCOC1(Cc2cc(/C=C/c3ccccc3OC)ccn2)C(=O)N(CO)C1CC(C)C. The first-order chi connectivity index (χ1) is 15.4. The van der Waals surface area contributed by atoms with Gasteiger partial charge in [0, 0.05) is 31.0 Å². The van der Waals surface area contributed by atoms with Crippen LogP contribution < -0.4 is 4.74 Å². The van der Waals surface area contributed by atoms with Gasteiger partial charge in [-0.2, -0.15) is 0 Å². The van der Waals surface area contributed by atoms with Crippen molar-refractivity contribution in [3.05, 3.63) is 59.4 Å². The van der Waals surface area contributed by atoms with E-state index < -0.39 is 5.60 Å². The molecule has 0 saturated carbocycles. The second-order valence-corrected chi connectivity index (χ2v) is 8.33. The van der Waals surface area contributed by atoms with Crippen molar-refractivity contribution in [3.8, 4) is 5.75 Å². The monoisotopic (exact) mass is 440 g/mol. The molecule has 1 aromatic heterocycles. The number of aliphatic hydroxyl groups is 1. The molecular formula is C25H32N2O5. The molecule has 7 heteroatoms. The number of para-hydroxylation sites is 1. The fraction of sp³-hybridized carbons (Fsp3) is 0.440. The Hall–Kier alpha value is -2.74. The molecule has 1 amide bonds. The molecule has 172 valence electrons. The van der Waals surface area contributed by atoms with Crippen molar-refractivity contribution in [2.24, 2.45) is 5.92 Å². The molecule has 1 N–H and O–H groups in total. The summed E-state index contributed by atoms with van der Waals surface area (Å²) < 4.78 is 16.5. The van der Waals surface area contributed by atoms with Crippen LogP contribution in [-0.4, -0.2) is 60.3 Å². The first-order valence-corrected chi connectivity index (χ1v) is 10.8. The number of likely N-dealkylation sites (tertiary alicyclic amines) is 1. The molecule has 2 unspecified atom stereocenters.